The third-order valence-electron chi connectivity index (χ3n) is 6.01. The molecule has 2 aromatic carbocycles. The van der Waals surface area contributed by atoms with Crippen molar-refractivity contribution in [3.63, 3.8) is 0 Å². The first-order valence-corrected chi connectivity index (χ1v) is 11.4. The van der Waals surface area contributed by atoms with Crippen LogP contribution in [0.4, 0.5) is 4.79 Å². The number of rotatable bonds is 2. The summed E-state index contributed by atoms with van der Waals surface area (Å²) in [6, 6.07) is 15.8. The number of ether oxygens (including phenoxy) is 2. The van der Waals surface area contributed by atoms with Crippen molar-refractivity contribution in [1.29, 1.82) is 0 Å². The van der Waals surface area contributed by atoms with Crippen LogP contribution < -0.4 is 4.74 Å². The van der Waals surface area contributed by atoms with Crippen LogP contribution in [0.5, 0.6) is 5.75 Å². The lowest BCUT2D eigenvalue weighted by Crippen LogP contribution is -2.50. The molecule has 0 atom stereocenters. The fraction of sp³-hybridized carbons (Fsp3) is 0.407. The topological polar surface area (TPSA) is 59.1 Å². The van der Waals surface area contributed by atoms with Crippen LogP contribution in [0.1, 0.15) is 55.1 Å². The Bertz CT molecular complexity index is 1070. The van der Waals surface area contributed by atoms with E-state index in [1.165, 1.54) is 0 Å². The number of carbonyl (C=O) groups excluding carboxylic acids is 2. The molecule has 0 bridgehead atoms. The van der Waals surface area contributed by atoms with E-state index < -0.39 is 11.2 Å². The molecule has 2 heterocycles. The number of hydrogen-bond acceptors (Lipinski definition) is 4. The molecule has 0 aromatic heterocycles. The van der Waals surface area contributed by atoms with Gasteiger partial charge in [-0.25, -0.2) is 4.79 Å². The van der Waals surface area contributed by atoms with Gasteiger partial charge < -0.3 is 19.3 Å². The first-order chi connectivity index (χ1) is 15.6. The molecule has 2 aliphatic rings. The van der Waals surface area contributed by atoms with Crippen LogP contribution in [0.25, 0.3) is 5.57 Å². The Kier molecular flexibility index (Phi) is 5.95. The van der Waals surface area contributed by atoms with E-state index in [1.807, 2.05) is 63.2 Å². The maximum atomic E-state index is 12.5. The van der Waals surface area contributed by atoms with Gasteiger partial charge in [-0.2, -0.15) is 0 Å². The average molecular weight is 449 g/mol. The number of likely N-dealkylation sites (tertiary alicyclic amines) is 1. The zero-order valence-electron chi connectivity index (χ0n) is 20.1. The Morgan fingerprint density at radius 2 is 1.64 bits per heavy atom. The number of nitrogens with zero attached hydrogens (tertiary/aromatic N) is 2. The van der Waals surface area contributed by atoms with Crippen molar-refractivity contribution in [3.8, 4) is 5.75 Å². The number of hydrogen-bond donors (Lipinski definition) is 0. The van der Waals surface area contributed by atoms with Crippen molar-refractivity contribution in [2.75, 3.05) is 27.2 Å². The highest BCUT2D eigenvalue weighted by Crippen LogP contribution is 2.43. The first-order valence-electron chi connectivity index (χ1n) is 11.4. The molecule has 6 heteroatoms. The van der Waals surface area contributed by atoms with Gasteiger partial charge in [-0.05, 0) is 56.2 Å². The molecule has 0 N–H and O–H groups in total. The summed E-state index contributed by atoms with van der Waals surface area (Å²) < 4.78 is 12.1. The van der Waals surface area contributed by atoms with Gasteiger partial charge in [-0.1, -0.05) is 30.3 Å². The number of amides is 2. The quantitative estimate of drug-likeness (QED) is 0.650. The van der Waals surface area contributed by atoms with Gasteiger partial charge in [-0.3, -0.25) is 4.79 Å². The third-order valence-corrected chi connectivity index (χ3v) is 6.01. The minimum atomic E-state index is -0.514. The second-order valence-electron chi connectivity index (χ2n) is 9.97. The highest BCUT2D eigenvalue weighted by Gasteiger charge is 2.40. The normalized spacial score (nSPS) is 17.0. The van der Waals surface area contributed by atoms with E-state index in [0.29, 0.717) is 31.5 Å². The molecule has 0 aliphatic carbocycles. The Morgan fingerprint density at radius 3 is 2.24 bits per heavy atom. The van der Waals surface area contributed by atoms with Crippen molar-refractivity contribution in [2.45, 2.75) is 44.8 Å². The molecule has 2 aromatic rings. The summed E-state index contributed by atoms with van der Waals surface area (Å²) in [7, 11) is 3.50. The Labute approximate surface area is 195 Å². The minimum Gasteiger partial charge on any atom is -0.482 e. The van der Waals surface area contributed by atoms with Gasteiger partial charge >= 0.3 is 6.09 Å². The maximum absolute atomic E-state index is 12.5. The van der Waals surface area contributed by atoms with E-state index >= 15 is 0 Å². The lowest BCUT2D eigenvalue weighted by Gasteiger charge is -2.43. The second kappa shape index (κ2) is 8.58. The largest absolute Gasteiger partial charge is 0.482 e. The fourth-order valence-electron chi connectivity index (χ4n) is 4.30. The van der Waals surface area contributed by atoms with Crippen molar-refractivity contribution in [2.24, 2.45) is 0 Å². The van der Waals surface area contributed by atoms with Crippen molar-refractivity contribution in [1.82, 2.24) is 9.80 Å². The smallest absolute Gasteiger partial charge is 0.410 e. The third kappa shape index (κ3) is 4.90. The summed E-state index contributed by atoms with van der Waals surface area (Å²) in [6.07, 6.45) is 3.28. The summed E-state index contributed by atoms with van der Waals surface area (Å²) >= 11 is 0. The van der Waals surface area contributed by atoms with E-state index in [9.17, 15) is 9.59 Å². The number of benzene rings is 2. The fourth-order valence-corrected chi connectivity index (χ4v) is 4.30. The van der Waals surface area contributed by atoms with Gasteiger partial charge in [0.15, 0.2) is 0 Å². The Hall–Kier alpha value is -3.28. The SMILES string of the molecule is CN(C)C(=O)c1ccc(C2=CC3(CCN(C(=O)OC(C)(C)C)CC3)Oc3ccccc32)cc1. The predicted molar refractivity (Wildman–Crippen MR) is 128 cm³/mol. The van der Waals surface area contributed by atoms with Gasteiger partial charge in [0.1, 0.15) is 17.0 Å². The molecule has 174 valence electrons. The molecule has 0 unspecified atom stereocenters. The first kappa shape index (κ1) is 22.9. The number of fused-ring (bicyclic) bond motifs is 1. The molecule has 2 amide bonds. The molecule has 1 saturated heterocycles. The van der Waals surface area contributed by atoms with Gasteiger partial charge in [0.25, 0.3) is 5.91 Å². The van der Waals surface area contributed by atoms with E-state index in [1.54, 1.807) is 23.9 Å². The molecule has 1 fully saturated rings. The van der Waals surface area contributed by atoms with E-state index in [-0.39, 0.29) is 12.0 Å². The molecular weight excluding hydrogens is 416 g/mol. The molecule has 33 heavy (non-hydrogen) atoms. The second-order valence-corrected chi connectivity index (χ2v) is 9.97. The Morgan fingerprint density at radius 1 is 1.00 bits per heavy atom. The van der Waals surface area contributed by atoms with Crippen molar-refractivity contribution in [3.05, 3.63) is 71.3 Å². The van der Waals surface area contributed by atoms with Crippen molar-refractivity contribution >= 4 is 17.6 Å². The summed E-state index contributed by atoms with van der Waals surface area (Å²) in [4.78, 5) is 28.1. The lowest BCUT2D eigenvalue weighted by molar-refractivity contribution is -0.00116. The highest BCUT2D eigenvalue weighted by atomic mass is 16.6. The summed E-state index contributed by atoms with van der Waals surface area (Å²) in [5.41, 5.74) is 2.82. The molecule has 0 radical (unpaired) electrons. The predicted octanol–water partition coefficient (Wildman–Crippen LogP) is 4.98. The van der Waals surface area contributed by atoms with Gasteiger partial charge in [-0.15, -0.1) is 0 Å². The minimum absolute atomic E-state index is 0.0195. The molecule has 1 spiro atoms. The van der Waals surface area contributed by atoms with Gasteiger partial charge in [0.05, 0.1) is 0 Å². The van der Waals surface area contributed by atoms with Crippen LogP contribution in [0.15, 0.2) is 54.6 Å². The van der Waals surface area contributed by atoms with E-state index in [4.69, 9.17) is 9.47 Å². The van der Waals surface area contributed by atoms with Crippen LogP contribution in [-0.4, -0.2) is 60.2 Å². The van der Waals surface area contributed by atoms with E-state index in [2.05, 4.69) is 12.1 Å². The van der Waals surface area contributed by atoms with E-state index in [0.717, 1.165) is 22.4 Å². The number of para-hydroxylation sites is 1. The molecular formula is C27H32N2O4. The van der Waals surface area contributed by atoms with Crippen molar-refractivity contribution < 1.29 is 19.1 Å². The summed E-state index contributed by atoms with van der Waals surface area (Å²) in [6.45, 7) is 6.77. The monoisotopic (exact) mass is 448 g/mol. The van der Waals surface area contributed by atoms with Crippen LogP contribution in [0.2, 0.25) is 0 Å². The molecule has 2 aliphatic heterocycles. The zero-order chi connectivity index (χ0) is 23.8. The lowest BCUT2D eigenvalue weighted by atomic mass is 9.83. The number of piperidine rings is 1. The molecule has 4 rings (SSSR count). The average Bonchev–Trinajstić information content (AvgIpc) is 2.77. The Balaban J connectivity index is 1.61. The summed E-state index contributed by atoms with van der Waals surface area (Å²) in [5.74, 6) is 0.822. The van der Waals surface area contributed by atoms with Gasteiger partial charge in [0.2, 0.25) is 0 Å². The van der Waals surface area contributed by atoms with Crippen LogP contribution in [-0.2, 0) is 4.74 Å². The zero-order valence-corrected chi connectivity index (χ0v) is 20.1. The standard InChI is InChI=1S/C27H32N2O4/c1-26(2,3)33-25(31)29-16-14-27(15-17-29)18-22(21-8-6-7-9-23(21)32-27)19-10-12-20(13-11-19)24(30)28(4)5/h6-13,18H,14-17H2,1-5H3. The summed E-state index contributed by atoms with van der Waals surface area (Å²) in [5, 5.41) is 0. The molecule has 0 saturated carbocycles. The van der Waals surface area contributed by atoms with Crippen LogP contribution >= 0.6 is 0 Å². The number of carbonyl (C=O) groups is 2. The van der Waals surface area contributed by atoms with Crippen LogP contribution in [0.3, 0.4) is 0 Å². The van der Waals surface area contributed by atoms with Gasteiger partial charge in [0, 0.05) is 51.2 Å². The van der Waals surface area contributed by atoms with Crippen LogP contribution in [0, 0.1) is 0 Å². The highest BCUT2D eigenvalue weighted by molar-refractivity contribution is 5.94. The molecule has 6 nitrogen and oxygen atoms in total. The maximum Gasteiger partial charge on any atom is 0.410 e.